The number of hydrogen-bond acceptors (Lipinski definition) is 10. The molecule has 0 saturated heterocycles. The number of nitrogens with one attached hydrogen (secondary N) is 1. The van der Waals surface area contributed by atoms with Crippen molar-refractivity contribution in [2.24, 2.45) is 5.73 Å². The van der Waals surface area contributed by atoms with E-state index in [1.54, 1.807) is 55.5 Å². The molecule has 180 valence electrons. The fourth-order valence-corrected chi connectivity index (χ4v) is 3.53. The molecule has 1 amide bonds. The third-order valence-electron chi connectivity index (χ3n) is 4.59. The van der Waals surface area contributed by atoms with E-state index < -0.39 is 18.0 Å². The van der Waals surface area contributed by atoms with Gasteiger partial charge in [-0.05, 0) is 54.9 Å². The molecule has 0 aliphatic rings. The molecule has 34 heavy (non-hydrogen) atoms. The number of aliphatic hydroxyl groups excluding tert-OH is 1. The fourth-order valence-electron chi connectivity index (χ4n) is 2.96. The van der Waals surface area contributed by atoms with Gasteiger partial charge in [0.05, 0.1) is 6.61 Å². The highest BCUT2D eigenvalue weighted by Gasteiger charge is 2.21. The van der Waals surface area contributed by atoms with Crippen molar-refractivity contribution in [3.8, 4) is 22.8 Å². The molecule has 11 heteroatoms. The van der Waals surface area contributed by atoms with Crippen LogP contribution in [0, 0.1) is 0 Å². The zero-order valence-corrected chi connectivity index (χ0v) is 19.4. The highest BCUT2D eigenvalue weighted by molar-refractivity contribution is 7.08. The summed E-state index contributed by atoms with van der Waals surface area (Å²) in [6.07, 6.45) is -0.777. The van der Waals surface area contributed by atoms with Gasteiger partial charge >= 0.3 is 5.97 Å². The Morgan fingerprint density at radius 1 is 1.15 bits per heavy atom. The summed E-state index contributed by atoms with van der Waals surface area (Å²) in [5, 5.41) is 17.4. The summed E-state index contributed by atoms with van der Waals surface area (Å²) in [6.45, 7) is 3.18. The summed E-state index contributed by atoms with van der Waals surface area (Å²) in [7, 11) is 0. The number of para-hydroxylation sites is 1. The average molecular weight is 487 g/mol. The van der Waals surface area contributed by atoms with Crippen LogP contribution in [0.15, 0.2) is 48.5 Å². The van der Waals surface area contributed by atoms with Crippen molar-refractivity contribution in [2.45, 2.75) is 13.0 Å². The van der Waals surface area contributed by atoms with Crippen molar-refractivity contribution in [1.82, 2.24) is 14.9 Å². The van der Waals surface area contributed by atoms with Crippen LogP contribution in [0.1, 0.15) is 27.0 Å². The van der Waals surface area contributed by atoms with E-state index in [9.17, 15) is 14.7 Å². The lowest BCUT2D eigenvalue weighted by Crippen LogP contribution is -2.33. The summed E-state index contributed by atoms with van der Waals surface area (Å²) in [5.74, 6) is 0.112. The summed E-state index contributed by atoms with van der Waals surface area (Å²) in [5.41, 5.74) is 6.60. The van der Waals surface area contributed by atoms with Gasteiger partial charge in [-0.15, -0.1) is 5.10 Å². The molecule has 3 aromatic rings. The number of aromatic nitrogens is 2. The van der Waals surface area contributed by atoms with Crippen LogP contribution in [0.2, 0.25) is 0 Å². The molecule has 10 nitrogen and oxygen atoms in total. The Bertz CT molecular complexity index is 1090. The van der Waals surface area contributed by atoms with Gasteiger partial charge in [-0.3, -0.25) is 4.79 Å². The van der Waals surface area contributed by atoms with E-state index in [0.717, 1.165) is 11.5 Å². The highest BCUT2D eigenvalue weighted by atomic mass is 32.1. The van der Waals surface area contributed by atoms with Crippen LogP contribution in [-0.4, -0.2) is 65.6 Å². The number of ether oxygens (including phenoxy) is 3. The second kappa shape index (κ2) is 12.6. The maximum Gasteiger partial charge on any atom is 0.352 e. The Labute approximate surface area is 200 Å². The van der Waals surface area contributed by atoms with E-state index in [4.69, 9.17) is 19.9 Å². The number of carbonyl (C=O) groups is 2. The predicted molar refractivity (Wildman–Crippen MR) is 126 cm³/mol. The topological polar surface area (TPSA) is 146 Å². The molecule has 2 aromatic carbocycles. The first kappa shape index (κ1) is 25.1. The normalized spacial score (nSPS) is 11.6. The Balaban J connectivity index is 1.45. The van der Waals surface area contributed by atoms with Crippen LogP contribution in [0.3, 0.4) is 0 Å². The highest BCUT2D eigenvalue weighted by Crippen LogP contribution is 2.32. The minimum Gasteiger partial charge on any atom is -0.492 e. The lowest BCUT2D eigenvalue weighted by Gasteiger charge is -2.15. The van der Waals surface area contributed by atoms with Crippen molar-refractivity contribution < 1.29 is 28.9 Å². The van der Waals surface area contributed by atoms with E-state index in [0.29, 0.717) is 52.9 Å². The molecule has 0 fully saturated rings. The van der Waals surface area contributed by atoms with E-state index in [2.05, 4.69) is 14.9 Å². The molecule has 0 bridgehead atoms. The van der Waals surface area contributed by atoms with Gasteiger partial charge < -0.3 is 30.4 Å². The molecular weight excluding hydrogens is 460 g/mol. The minimum atomic E-state index is -0.777. The summed E-state index contributed by atoms with van der Waals surface area (Å²) < 4.78 is 20.3. The minimum absolute atomic E-state index is 0.0335. The van der Waals surface area contributed by atoms with Crippen LogP contribution < -0.4 is 20.5 Å². The third kappa shape index (κ3) is 6.98. The molecular formula is C23H26N4O6S. The average Bonchev–Trinajstić information content (AvgIpc) is 3.33. The van der Waals surface area contributed by atoms with Gasteiger partial charge in [-0.2, -0.15) is 0 Å². The zero-order chi connectivity index (χ0) is 24.3. The second-order valence-corrected chi connectivity index (χ2v) is 7.83. The van der Waals surface area contributed by atoms with Crippen molar-refractivity contribution >= 4 is 23.4 Å². The van der Waals surface area contributed by atoms with E-state index in [-0.39, 0.29) is 13.2 Å². The van der Waals surface area contributed by atoms with Gasteiger partial charge in [0.2, 0.25) is 5.91 Å². The molecule has 1 aromatic heterocycles. The van der Waals surface area contributed by atoms with E-state index in [1.165, 1.54) is 0 Å². The van der Waals surface area contributed by atoms with Gasteiger partial charge in [0.1, 0.15) is 36.5 Å². The largest absolute Gasteiger partial charge is 0.492 e. The Morgan fingerprint density at radius 3 is 2.65 bits per heavy atom. The number of rotatable bonds is 13. The number of nitrogens with two attached hydrogens (primary N) is 1. The third-order valence-corrected chi connectivity index (χ3v) is 5.29. The molecule has 0 aliphatic heterocycles. The van der Waals surface area contributed by atoms with Crippen LogP contribution in [0.25, 0.3) is 11.3 Å². The maximum absolute atomic E-state index is 12.2. The number of esters is 1. The SMILES string of the molecule is CCOC(=O)c1snnc1-c1ccccc1OCC(O)CNCCOc1ccc(C(N)=O)cc1. The van der Waals surface area contributed by atoms with Crippen molar-refractivity contribution in [1.29, 1.82) is 0 Å². The van der Waals surface area contributed by atoms with Crippen molar-refractivity contribution in [2.75, 3.05) is 32.9 Å². The maximum atomic E-state index is 12.2. The standard InChI is InChI=1S/C23H26N4O6S/c1-2-31-23(30)21-20(26-27-34-21)18-5-3-4-6-19(18)33-14-16(28)13-25-11-12-32-17-9-7-15(8-10-17)22(24)29/h3-10,16,25,28H,2,11-14H2,1H3,(H2,24,29). The van der Waals surface area contributed by atoms with Crippen LogP contribution in [0.5, 0.6) is 11.5 Å². The Hall–Kier alpha value is -3.54. The molecule has 4 N–H and O–H groups in total. The van der Waals surface area contributed by atoms with Crippen LogP contribution in [0.4, 0.5) is 0 Å². The number of benzene rings is 2. The first-order chi connectivity index (χ1) is 16.5. The summed E-state index contributed by atoms with van der Waals surface area (Å²) in [4.78, 5) is 23.5. The van der Waals surface area contributed by atoms with E-state index in [1.807, 2.05) is 0 Å². The zero-order valence-electron chi connectivity index (χ0n) is 18.6. The lowest BCUT2D eigenvalue weighted by atomic mass is 10.1. The molecule has 0 spiro atoms. The molecule has 3 rings (SSSR count). The smallest absolute Gasteiger partial charge is 0.352 e. The Kier molecular flexibility index (Phi) is 9.32. The van der Waals surface area contributed by atoms with Gasteiger partial charge in [0, 0.05) is 24.2 Å². The molecule has 0 radical (unpaired) electrons. The van der Waals surface area contributed by atoms with Crippen LogP contribution >= 0.6 is 11.5 Å². The van der Waals surface area contributed by atoms with Gasteiger partial charge in [0.25, 0.3) is 0 Å². The van der Waals surface area contributed by atoms with Crippen molar-refractivity contribution in [3.05, 3.63) is 59.0 Å². The first-order valence-electron chi connectivity index (χ1n) is 10.6. The molecule has 1 heterocycles. The molecule has 1 unspecified atom stereocenters. The molecule has 0 saturated carbocycles. The number of primary amides is 1. The number of hydrogen-bond donors (Lipinski definition) is 3. The molecule has 0 aliphatic carbocycles. The first-order valence-corrected chi connectivity index (χ1v) is 11.4. The van der Waals surface area contributed by atoms with Crippen LogP contribution in [-0.2, 0) is 4.74 Å². The predicted octanol–water partition coefficient (Wildman–Crippen LogP) is 1.89. The summed E-state index contributed by atoms with van der Waals surface area (Å²) >= 11 is 0.958. The lowest BCUT2D eigenvalue weighted by molar-refractivity contribution is 0.0532. The van der Waals surface area contributed by atoms with E-state index >= 15 is 0 Å². The number of nitrogens with zero attached hydrogens (tertiary/aromatic N) is 2. The molecule has 1 atom stereocenters. The monoisotopic (exact) mass is 486 g/mol. The number of carbonyl (C=O) groups excluding carboxylic acids is 2. The quantitative estimate of drug-likeness (QED) is 0.243. The number of aliphatic hydroxyl groups is 1. The van der Waals surface area contributed by atoms with Gasteiger partial charge in [-0.1, -0.05) is 16.6 Å². The number of amides is 1. The fraction of sp³-hybridized carbons (Fsp3) is 0.304. The second-order valence-electron chi connectivity index (χ2n) is 7.07. The van der Waals surface area contributed by atoms with Crippen molar-refractivity contribution in [3.63, 3.8) is 0 Å². The van der Waals surface area contributed by atoms with Gasteiger partial charge in [0.15, 0.2) is 4.88 Å². The Morgan fingerprint density at radius 2 is 1.91 bits per heavy atom. The summed E-state index contributed by atoms with van der Waals surface area (Å²) in [6, 6.07) is 13.6. The van der Waals surface area contributed by atoms with Gasteiger partial charge in [-0.25, -0.2) is 4.79 Å².